The van der Waals surface area contributed by atoms with Crippen molar-refractivity contribution >= 4 is 17.6 Å². The molecular formula is C25H22N4O3. The molecule has 0 bridgehead atoms. The van der Waals surface area contributed by atoms with Gasteiger partial charge in [0.15, 0.2) is 12.4 Å². The van der Waals surface area contributed by atoms with E-state index < -0.39 is 12.6 Å². The predicted octanol–water partition coefficient (Wildman–Crippen LogP) is 4.14. The van der Waals surface area contributed by atoms with Crippen LogP contribution in [0.1, 0.15) is 17.5 Å². The number of nitrogens with zero attached hydrogens (tertiary/aromatic N) is 4. The van der Waals surface area contributed by atoms with Gasteiger partial charge in [-0.1, -0.05) is 66.7 Å². The molecule has 7 heteroatoms. The fourth-order valence-corrected chi connectivity index (χ4v) is 3.30. The zero-order valence-electron chi connectivity index (χ0n) is 17.6. The minimum Gasteiger partial charge on any atom is -0.450 e. The summed E-state index contributed by atoms with van der Waals surface area (Å²) in [5.41, 5.74) is 2.31. The van der Waals surface area contributed by atoms with Crippen LogP contribution in [0.25, 0.3) is 17.1 Å². The van der Waals surface area contributed by atoms with Crippen LogP contribution in [0.15, 0.2) is 91.0 Å². The quantitative estimate of drug-likeness (QED) is 0.415. The molecule has 0 atom stereocenters. The van der Waals surface area contributed by atoms with Crippen molar-refractivity contribution in [2.45, 2.75) is 6.92 Å². The van der Waals surface area contributed by atoms with E-state index in [2.05, 4.69) is 10.1 Å². The van der Waals surface area contributed by atoms with Gasteiger partial charge in [0.1, 0.15) is 0 Å². The highest BCUT2D eigenvalue weighted by Crippen LogP contribution is 2.21. The van der Waals surface area contributed by atoms with Crippen molar-refractivity contribution in [3.05, 3.63) is 96.8 Å². The van der Waals surface area contributed by atoms with Crippen LogP contribution in [0.4, 0.5) is 5.69 Å². The van der Waals surface area contributed by atoms with Crippen LogP contribution in [0.2, 0.25) is 0 Å². The molecule has 1 amide bonds. The number of esters is 1. The number of amides is 1. The van der Waals surface area contributed by atoms with Gasteiger partial charge in [-0.15, -0.1) is 5.10 Å². The van der Waals surface area contributed by atoms with E-state index in [0.29, 0.717) is 12.4 Å². The minimum atomic E-state index is -0.755. The average Bonchev–Trinajstić information content (AvgIpc) is 3.30. The van der Waals surface area contributed by atoms with Crippen LogP contribution in [0.3, 0.4) is 0 Å². The summed E-state index contributed by atoms with van der Waals surface area (Å²) < 4.78 is 6.86. The minimum absolute atomic E-state index is 0.108. The first-order valence-electron chi connectivity index (χ1n) is 10.3. The summed E-state index contributed by atoms with van der Waals surface area (Å²) >= 11 is 0. The highest BCUT2D eigenvalue weighted by Gasteiger charge is 2.22. The average molecular weight is 426 g/mol. The van der Waals surface area contributed by atoms with E-state index in [1.54, 1.807) is 9.58 Å². The molecule has 4 rings (SSSR count). The second-order valence-electron chi connectivity index (χ2n) is 6.92. The van der Waals surface area contributed by atoms with Gasteiger partial charge in [-0.3, -0.25) is 4.79 Å². The molecule has 0 aliphatic carbocycles. The number of ether oxygens (including phenoxy) is 1. The molecule has 0 spiro atoms. The number of hydrogen-bond donors (Lipinski definition) is 0. The lowest BCUT2D eigenvalue weighted by Gasteiger charge is -2.20. The van der Waals surface area contributed by atoms with E-state index in [1.807, 2.05) is 97.9 Å². The predicted molar refractivity (Wildman–Crippen MR) is 122 cm³/mol. The molecule has 0 saturated heterocycles. The zero-order chi connectivity index (χ0) is 22.3. The van der Waals surface area contributed by atoms with Crippen LogP contribution in [0, 0.1) is 0 Å². The SMILES string of the molecule is CCN(C(=O)COC(=O)c1nc(-c2ccccc2)n(-c2ccccc2)n1)c1ccccc1. The third-order valence-corrected chi connectivity index (χ3v) is 4.83. The molecule has 0 radical (unpaired) electrons. The molecule has 0 aliphatic heterocycles. The van der Waals surface area contributed by atoms with Gasteiger partial charge in [0.25, 0.3) is 11.7 Å². The molecule has 0 unspecified atom stereocenters. The molecule has 1 heterocycles. The Morgan fingerprint density at radius 1 is 0.875 bits per heavy atom. The fourth-order valence-electron chi connectivity index (χ4n) is 3.30. The molecule has 0 aliphatic rings. The van der Waals surface area contributed by atoms with E-state index in [1.165, 1.54) is 0 Å². The Morgan fingerprint density at radius 3 is 2.09 bits per heavy atom. The Morgan fingerprint density at radius 2 is 1.47 bits per heavy atom. The standard InChI is InChI=1S/C25H22N4O3/c1-2-28(20-14-8-4-9-15-20)22(30)18-32-25(31)23-26-24(19-12-6-3-7-13-19)29(27-23)21-16-10-5-11-17-21/h3-17H,2,18H2,1H3. The zero-order valence-corrected chi connectivity index (χ0v) is 17.6. The van der Waals surface area contributed by atoms with E-state index in [4.69, 9.17) is 4.74 Å². The molecular weight excluding hydrogens is 404 g/mol. The maximum atomic E-state index is 12.7. The smallest absolute Gasteiger partial charge is 0.378 e. The lowest BCUT2D eigenvalue weighted by atomic mass is 10.2. The Balaban J connectivity index is 1.55. The fraction of sp³-hybridized carbons (Fsp3) is 0.120. The van der Waals surface area contributed by atoms with Gasteiger partial charge in [-0.2, -0.15) is 0 Å². The number of anilines is 1. The van der Waals surface area contributed by atoms with Crippen molar-refractivity contribution < 1.29 is 14.3 Å². The second-order valence-corrected chi connectivity index (χ2v) is 6.92. The third kappa shape index (κ3) is 4.57. The summed E-state index contributed by atoms with van der Waals surface area (Å²) in [4.78, 5) is 31.3. The molecule has 4 aromatic rings. The van der Waals surface area contributed by atoms with Crippen molar-refractivity contribution in [1.29, 1.82) is 0 Å². The number of benzene rings is 3. The Kier molecular flexibility index (Phi) is 6.36. The normalized spacial score (nSPS) is 10.5. The van der Waals surface area contributed by atoms with Crippen LogP contribution in [-0.2, 0) is 9.53 Å². The van der Waals surface area contributed by atoms with E-state index >= 15 is 0 Å². The summed E-state index contributed by atoms with van der Waals surface area (Å²) in [6.07, 6.45) is 0. The maximum absolute atomic E-state index is 12.7. The third-order valence-electron chi connectivity index (χ3n) is 4.83. The summed E-state index contributed by atoms with van der Waals surface area (Å²) in [7, 11) is 0. The molecule has 0 saturated carbocycles. The van der Waals surface area contributed by atoms with Gasteiger partial charge >= 0.3 is 5.97 Å². The summed E-state index contributed by atoms with van der Waals surface area (Å²) in [5, 5.41) is 4.36. The largest absolute Gasteiger partial charge is 0.450 e. The number of rotatable bonds is 7. The number of carbonyl (C=O) groups excluding carboxylic acids is 2. The molecule has 3 aromatic carbocycles. The monoisotopic (exact) mass is 426 g/mol. The number of likely N-dealkylation sites (N-methyl/N-ethyl adjacent to an activating group) is 1. The van der Waals surface area contributed by atoms with E-state index in [0.717, 1.165) is 16.9 Å². The van der Waals surface area contributed by atoms with Crippen LogP contribution in [0.5, 0.6) is 0 Å². The van der Waals surface area contributed by atoms with Crippen LogP contribution in [-0.4, -0.2) is 39.8 Å². The number of aromatic nitrogens is 3. The maximum Gasteiger partial charge on any atom is 0.378 e. The van der Waals surface area contributed by atoms with E-state index in [9.17, 15) is 9.59 Å². The Hall–Kier alpha value is -4.26. The number of carbonyl (C=O) groups is 2. The summed E-state index contributed by atoms with van der Waals surface area (Å²) in [5.74, 6) is -0.676. The second kappa shape index (κ2) is 9.70. The van der Waals surface area contributed by atoms with Crippen molar-refractivity contribution in [2.24, 2.45) is 0 Å². The van der Waals surface area contributed by atoms with Gasteiger partial charge in [0.2, 0.25) is 0 Å². The molecule has 160 valence electrons. The Bertz CT molecular complexity index is 1130. The summed E-state index contributed by atoms with van der Waals surface area (Å²) in [6.45, 7) is 1.92. The van der Waals surface area contributed by atoms with Crippen molar-refractivity contribution in [3.63, 3.8) is 0 Å². The lowest BCUT2D eigenvalue weighted by molar-refractivity contribution is -0.121. The first-order chi connectivity index (χ1) is 15.7. The van der Waals surface area contributed by atoms with Crippen molar-refractivity contribution in [2.75, 3.05) is 18.1 Å². The molecule has 1 aromatic heterocycles. The van der Waals surface area contributed by atoms with Crippen LogP contribution < -0.4 is 4.90 Å². The van der Waals surface area contributed by atoms with E-state index in [-0.39, 0.29) is 11.7 Å². The molecule has 0 fully saturated rings. The van der Waals surface area contributed by atoms with Gasteiger partial charge in [-0.05, 0) is 31.2 Å². The Labute approximate surface area is 185 Å². The highest BCUT2D eigenvalue weighted by molar-refractivity contribution is 5.96. The van der Waals surface area contributed by atoms with Crippen molar-refractivity contribution in [1.82, 2.24) is 14.8 Å². The highest BCUT2D eigenvalue weighted by atomic mass is 16.5. The topological polar surface area (TPSA) is 77.3 Å². The molecule has 7 nitrogen and oxygen atoms in total. The molecule has 32 heavy (non-hydrogen) atoms. The number of para-hydroxylation sites is 2. The van der Waals surface area contributed by atoms with Gasteiger partial charge in [-0.25, -0.2) is 14.5 Å². The lowest BCUT2D eigenvalue weighted by Crippen LogP contribution is -2.34. The first kappa shape index (κ1) is 21.0. The van der Waals surface area contributed by atoms with Gasteiger partial charge < -0.3 is 9.64 Å². The van der Waals surface area contributed by atoms with Gasteiger partial charge in [0.05, 0.1) is 5.69 Å². The van der Waals surface area contributed by atoms with Gasteiger partial charge in [0, 0.05) is 17.8 Å². The molecule has 0 N–H and O–H groups in total. The van der Waals surface area contributed by atoms with Crippen LogP contribution >= 0.6 is 0 Å². The first-order valence-corrected chi connectivity index (χ1v) is 10.3. The summed E-state index contributed by atoms with van der Waals surface area (Å²) in [6, 6.07) is 28.1. The van der Waals surface area contributed by atoms with Crippen molar-refractivity contribution in [3.8, 4) is 17.1 Å². The number of hydrogen-bond acceptors (Lipinski definition) is 5.